The first-order valence-electron chi connectivity index (χ1n) is 7.68. The zero-order chi connectivity index (χ0) is 13.7. The van der Waals surface area contributed by atoms with Gasteiger partial charge in [-0.15, -0.1) is 0 Å². The number of nitrogens with one attached hydrogen (secondary N) is 2. The summed E-state index contributed by atoms with van der Waals surface area (Å²) in [6, 6.07) is 11.9. The summed E-state index contributed by atoms with van der Waals surface area (Å²) in [6.07, 6.45) is 6.30. The second-order valence-electron chi connectivity index (χ2n) is 6.44. The lowest BCUT2D eigenvalue weighted by Crippen LogP contribution is -2.47. The molecule has 0 spiro atoms. The lowest BCUT2D eigenvalue weighted by atomic mass is 9.88. The van der Waals surface area contributed by atoms with Crippen LogP contribution in [-0.2, 0) is 0 Å². The van der Waals surface area contributed by atoms with Gasteiger partial charge in [-0.1, -0.05) is 25.1 Å². The van der Waals surface area contributed by atoms with Crippen molar-refractivity contribution >= 4 is 5.69 Å². The third kappa shape index (κ3) is 4.54. The van der Waals surface area contributed by atoms with Gasteiger partial charge in [0.2, 0.25) is 0 Å². The summed E-state index contributed by atoms with van der Waals surface area (Å²) in [5.41, 5.74) is 1.54. The van der Waals surface area contributed by atoms with Crippen molar-refractivity contribution in [2.45, 2.75) is 70.5 Å². The van der Waals surface area contributed by atoms with Gasteiger partial charge in [0.15, 0.2) is 0 Å². The van der Waals surface area contributed by atoms with Crippen LogP contribution in [0.25, 0.3) is 0 Å². The Morgan fingerprint density at radius 2 is 1.58 bits per heavy atom. The van der Waals surface area contributed by atoms with Crippen molar-refractivity contribution < 1.29 is 0 Å². The molecule has 0 unspecified atom stereocenters. The molecule has 0 saturated heterocycles. The number of hydrogen-bond acceptors (Lipinski definition) is 2. The van der Waals surface area contributed by atoms with Crippen LogP contribution in [0.2, 0.25) is 0 Å². The fourth-order valence-corrected chi connectivity index (χ4v) is 2.81. The molecule has 0 amide bonds. The highest BCUT2D eigenvalue weighted by Gasteiger charge is 2.25. The highest BCUT2D eigenvalue weighted by Crippen LogP contribution is 2.24. The van der Waals surface area contributed by atoms with E-state index in [9.17, 15) is 0 Å². The lowest BCUT2D eigenvalue weighted by molar-refractivity contribution is 0.266. The Morgan fingerprint density at radius 1 is 1.00 bits per heavy atom. The smallest absolute Gasteiger partial charge is 0.0342 e. The van der Waals surface area contributed by atoms with E-state index in [1.165, 1.54) is 37.8 Å². The Labute approximate surface area is 118 Å². The molecule has 1 saturated carbocycles. The van der Waals surface area contributed by atoms with Crippen LogP contribution in [-0.4, -0.2) is 17.6 Å². The van der Waals surface area contributed by atoms with Gasteiger partial charge in [0.05, 0.1) is 0 Å². The van der Waals surface area contributed by atoms with Crippen LogP contribution in [0, 0.1) is 0 Å². The first kappa shape index (κ1) is 14.4. The van der Waals surface area contributed by atoms with Crippen molar-refractivity contribution in [3.8, 4) is 0 Å². The van der Waals surface area contributed by atoms with Crippen molar-refractivity contribution in [1.82, 2.24) is 5.32 Å². The van der Waals surface area contributed by atoms with Crippen molar-refractivity contribution in [1.29, 1.82) is 0 Å². The Balaban J connectivity index is 1.77. The normalized spacial score (nSPS) is 24.2. The van der Waals surface area contributed by atoms with Gasteiger partial charge in [-0.25, -0.2) is 0 Å². The molecule has 0 atom stereocenters. The topological polar surface area (TPSA) is 24.1 Å². The molecule has 1 aromatic carbocycles. The van der Waals surface area contributed by atoms with Crippen molar-refractivity contribution in [2.75, 3.05) is 5.32 Å². The van der Waals surface area contributed by atoms with E-state index in [0.717, 1.165) is 0 Å². The Kier molecular flexibility index (Phi) is 4.87. The SMILES string of the molecule is CCC(C)(C)NC1CCC(Nc2ccccc2)CC1. The van der Waals surface area contributed by atoms with Gasteiger partial charge in [-0.3, -0.25) is 0 Å². The van der Waals surface area contributed by atoms with Crippen LogP contribution in [0.5, 0.6) is 0 Å². The lowest BCUT2D eigenvalue weighted by Gasteiger charge is -2.36. The Bertz CT molecular complexity index is 364. The van der Waals surface area contributed by atoms with Crippen LogP contribution in [0.4, 0.5) is 5.69 Å². The van der Waals surface area contributed by atoms with Crippen molar-refractivity contribution in [3.63, 3.8) is 0 Å². The number of benzene rings is 1. The first-order valence-corrected chi connectivity index (χ1v) is 7.68. The maximum atomic E-state index is 3.80. The molecule has 1 aromatic rings. The molecule has 0 radical (unpaired) electrons. The number of rotatable bonds is 5. The van der Waals surface area contributed by atoms with Gasteiger partial charge in [0, 0.05) is 23.3 Å². The Hall–Kier alpha value is -1.02. The minimum atomic E-state index is 0.282. The molecule has 2 heteroatoms. The summed E-state index contributed by atoms with van der Waals surface area (Å²) in [7, 11) is 0. The summed E-state index contributed by atoms with van der Waals surface area (Å²) < 4.78 is 0. The maximum Gasteiger partial charge on any atom is 0.0342 e. The van der Waals surface area contributed by atoms with Crippen LogP contribution in [0.15, 0.2) is 30.3 Å². The van der Waals surface area contributed by atoms with Crippen molar-refractivity contribution in [3.05, 3.63) is 30.3 Å². The molecule has 2 N–H and O–H groups in total. The van der Waals surface area contributed by atoms with E-state index in [2.05, 4.69) is 61.7 Å². The number of anilines is 1. The monoisotopic (exact) mass is 260 g/mol. The van der Waals surface area contributed by atoms with Crippen LogP contribution < -0.4 is 10.6 Å². The molecule has 106 valence electrons. The van der Waals surface area contributed by atoms with Gasteiger partial charge >= 0.3 is 0 Å². The van der Waals surface area contributed by atoms with Gasteiger partial charge in [0.25, 0.3) is 0 Å². The molecular weight excluding hydrogens is 232 g/mol. The van der Waals surface area contributed by atoms with Crippen LogP contribution in [0.1, 0.15) is 52.9 Å². The largest absolute Gasteiger partial charge is 0.382 e. The van der Waals surface area contributed by atoms with E-state index in [0.29, 0.717) is 12.1 Å². The van der Waals surface area contributed by atoms with Gasteiger partial charge < -0.3 is 10.6 Å². The Morgan fingerprint density at radius 3 is 2.16 bits per heavy atom. The molecule has 0 aromatic heterocycles. The zero-order valence-corrected chi connectivity index (χ0v) is 12.6. The summed E-state index contributed by atoms with van der Waals surface area (Å²) in [5.74, 6) is 0. The minimum absolute atomic E-state index is 0.282. The highest BCUT2D eigenvalue weighted by atomic mass is 15.0. The molecule has 2 nitrogen and oxygen atoms in total. The molecule has 0 heterocycles. The van der Waals surface area contributed by atoms with E-state index in [-0.39, 0.29) is 5.54 Å². The van der Waals surface area contributed by atoms with Gasteiger partial charge in [0.1, 0.15) is 0 Å². The first-order chi connectivity index (χ1) is 9.09. The van der Waals surface area contributed by atoms with Crippen molar-refractivity contribution in [2.24, 2.45) is 0 Å². The molecule has 1 aliphatic carbocycles. The fraction of sp³-hybridized carbons (Fsp3) is 0.647. The number of para-hydroxylation sites is 1. The van der Waals surface area contributed by atoms with Crippen LogP contribution in [0.3, 0.4) is 0 Å². The minimum Gasteiger partial charge on any atom is -0.382 e. The van der Waals surface area contributed by atoms with E-state index < -0.39 is 0 Å². The van der Waals surface area contributed by atoms with E-state index in [1.54, 1.807) is 0 Å². The molecule has 1 aliphatic rings. The predicted octanol–water partition coefficient (Wildman–Crippen LogP) is 4.19. The van der Waals surface area contributed by atoms with E-state index in [1.807, 2.05) is 0 Å². The average Bonchev–Trinajstić information content (AvgIpc) is 2.42. The van der Waals surface area contributed by atoms with Crippen LogP contribution >= 0.6 is 0 Å². The highest BCUT2D eigenvalue weighted by molar-refractivity contribution is 5.43. The maximum absolute atomic E-state index is 3.80. The fourth-order valence-electron chi connectivity index (χ4n) is 2.81. The summed E-state index contributed by atoms with van der Waals surface area (Å²) >= 11 is 0. The van der Waals surface area contributed by atoms with Gasteiger partial charge in [-0.2, -0.15) is 0 Å². The quantitative estimate of drug-likeness (QED) is 0.829. The zero-order valence-electron chi connectivity index (χ0n) is 12.6. The second-order valence-corrected chi connectivity index (χ2v) is 6.44. The molecule has 2 rings (SSSR count). The summed E-state index contributed by atoms with van der Waals surface area (Å²) in [6.45, 7) is 6.87. The van der Waals surface area contributed by atoms with E-state index in [4.69, 9.17) is 0 Å². The molecule has 0 bridgehead atoms. The average molecular weight is 260 g/mol. The second kappa shape index (κ2) is 6.42. The molecule has 19 heavy (non-hydrogen) atoms. The number of hydrogen-bond donors (Lipinski definition) is 2. The van der Waals surface area contributed by atoms with E-state index >= 15 is 0 Å². The predicted molar refractivity (Wildman–Crippen MR) is 83.6 cm³/mol. The third-order valence-electron chi connectivity index (χ3n) is 4.35. The molecule has 1 fully saturated rings. The van der Waals surface area contributed by atoms with Gasteiger partial charge in [-0.05, 0) is 58.1 Å². The molecular formula is C17H28N2. The summed E-state index contributed by atoms with van der Waals surface area (Å²) in [5, 5.41) is 7.45. The molecule has 0 aliphatic heterocycles. The standard InChI is InChI=1S/C17H28N2/c1-4-17(2,3)19-16-12-10-15(11-13-16)18-14-8-6-5-7-9-14/h5-9,15-16,18-19H,4,10-13H2,1-3H3. The summed E-state index contributed by atoms with van der Waals surface area (Å²) in [4.78, 5) is 0. The third-order valence-corrected chi connectivity index (χ3v) is 4.35.